The summed E-state index contributed by atoms with van der Waals surface area (Å²) in [5.74, 6) is 1.93. The Bertz CT molecular complexity index is 356. The number of hydrogen-bond donors (Lipinski definition) is 1. The van der Waals surface area contributed by atoms with Gasteiger partial charge in [0.25, 0.3) is 0 Å². The highest BCUT2D eigenvalue weighted by molar-refractivity contribution is 5.49. The van der Waals surface area contributed by atoms with Gasteiger partial charge in [-0.3, -0.25) is 0 Å². The van der Waals surface area contributed by atoms with Gasteiger partial charge in [0.15, 0.2) is 0 Å². The minimum atomic E-state index is 0.765. The maximum absolute atomic E-state index is 3.78. The van der Waals surface area contributed by atoms with Crippen LogP contribution in [0.25, 0.3) is 0 Å². The molecule has 0 spiro atoms. The lowest BCUT2D eigenvalue weighted by Crippen LogP contribution is -2.24. The molecule has 2 aliphatic rings. The second-order valence-corrected chi connectivity index (χ2v) is 5.72. The first-order valence-corrected chi connectivity index (χ1v) is 6.57. The number of nitrogens with one attached hydrogen (secondary N) is 1. The molecule has 16 heavy (non-hydrogen) atoms. The molecule has 1 heteroatoms. The Morgan fingerprint density at radius 1 is 0.938 bits per heavy atom. The first-order valence-electron chi connectivity index (χ1n) is 6.57. The van der Waals surface area contributed by atoms with Crippen LogP contribution in [-0.2, 0) is 0 Å². The summed E-state index contributed by atoms with van der Waals surface area (Å²) in [4.78, 5) is 0. The standard InChI is InChI=1S/C15H21N/c1-10-7-11(2)9-14(8-10)16-15(12-3-4-12)13-5-6-13/h7-9,12-13,15-16H,3-6H2,1-2H3. The highest BCUT2D eigenvalue weighted by Gasteiger charge is 2.41. The lowest BCUT2D eigenvalue weighted by molar-refractivity contribution is 0.568. The fourth-order valence-electron chi connectivity index (χ4n) is 2.78. The zero-order chi connectivity index (χ0) is 11.1. The molecule has 0 unspecified atom stereocenters. The second kappa shape index (κ2) is 3.80. The molecule has 2 saturated carbocycles. The van der Waals surface area contributed by atoms with Gasteiger partial charge in [0.05, 0.1) is 0 Å². The average Bonchev–Trinajstić information content (AvgIpc) is 3.07. The minimum Gasteiger partial charge on any atom is -0.382 e. The predicted molar refractivity (Wildman–Crippen MR) is 68.8 cm³/mol. The summed E-state index contributed by atoms with van der Waals surface area (Å²) >= 11 is 0. The van der Waals surface area contributed by atoms with E-state index in [1.54, 1.807) is 0 Å². The topological polar surface area (TPSA) is 12.0 Å². The Morgan fingerprint density at radius 3 is 1.88 bits per heavy atom. The van der Waals surface area contributed by atoms with Gasteiger partial charge in [-0.1, -0.05) is 6.07 Å². The molecule has 1 aromatic carbocycles. The number of rotatable bonds is 4. The third kappa shape index (κ3) is 2.23. The molecule has 0 aliphatic heterocycles. The van der Waals surface area contributed by atoms with E-state index in [4.69, 9.17) is 0 Å². The van der Waals surface area contributed by atoms with Crippen LogP contribution in [0.15, 0.2) is 18.2 Å². The van der Waals surface area contributed by atoms with Gasteiger partial charge in [0, 0.05) is 11.7 Å². The van der Waals surface area contributed by atoms with Crippen LogP contribution < -0.4 is 5.32 Å². The summed E-state index contributed by atoms with van der Waals surface area (Å²) in [6, 6.07) is 7.57. The normalized spacial score (nSPS) is 20.2. The van der Waals surface area contributed by atoms with Crippen molar-refractivity contribution in [3.8, 4) is 0 Å². The molecule has 0 aromatic heterocycles. The third-order valence-corrected chi connectivity index (χ3v) is 3.81. The number of aryl methyl sites for hydroxylation is 2. The monoisotopic (exact) mass is 215 g/mol. The van der Waals surface area contributed by atoms with E-state index in [2.05, 4.69) is 37.4 Å². The third-order valence-electron chi connectivity index (χ3n) is 3.81. The van der Waals surface area contributed by atoms with Crippen LogP contribution in [0, 0.1) is 25.7 Å². The second-order valence-electron chi connectivity index (χ2n) is 5.72. The van der Waals surface area contributed by atoms with Crippen molar-refractivity contribution in [3.63, 3.8) is 0 Å². The SMILES string of the molecule is Cc1cc(C)cc(NC(C2CC2)C2CC2)c1. The zero-order valence-corrected chi connectivity index (χ0v) is 10.3. The first-order chi connectivity index (χ1) is 7.72. The lowest BCUT2D eigenvalue weighted by Gasteiger charge is -2.19. The molecule has 0 radical (unpaired) electrons. The predicted octanol–water partition coefficient (Wildman–Crippen LogP) is 3.90. The first kappa shape index (κ1) is 10.2. The Hall–Kier alpha value is -0.980. The van der Waals surface area contributed by atoms with E-state index in [9.17, 15) is 0 Å². The number of hydrogen-bond acceptors (Lipinski definition) is 1. The van der Waals surface area contributed by atoms with Crippen molar-refractivity contribution < 1.29 is 0 Å². The van der Waals surface area contributed by atoms with Crippen molar-refractivity contribution in [1.82, 2.24) is 0 Å². The molecular weight excluding hydrogens is 194 g/mol. The molecule has 0 saturated heterocycles. The van der Waals surface area contributed by atoms with Crippen molar-refractivity contribution in [2.24, 2.45) is 11.8 Å². The summed E-state index contributed by atoms with van der Waals surface area (Å²) < 4.78 is 0. The molecular formula is C15H21N. The van der Waals surface area contributed by atoms with E-state index in [-0.39, 0.29) is 0 Å². The van der Waals surface area contributed by atoms with Crippen molar-refractivity contribution in [2.75, 3.05) is 5.32 Å². The molecule has 1 nitrogen and oxygen atoms in total. The van der Waals surface area contributed by atoms with E-state index in [1.807, 2.05) is 0 Å². The minimum absolute atomic E-state index is 0.765. The molecule has 1 N–H and O–H groups in total. The summed E-state index contributed by atoms with van der Waals surface area (Å²) in [7, 11) is 0. The van der Waals surface area contributed by atoms with Crippen molar-refractivity contribution >= 4 is 5.69 Å². The fraction of sp³-hybridized carbons (Fsp3) is 0.600. The number of anilines is 1. The van der Waals surface area contributed by atoms with Crippen molar-refractivity contribution in [1.29, 1.82) is 0 Å². The molecule has 2 aliphatic carbocycles. The Kier molecular flexibility index (Phi) is 2.42. The van der Waals surface area contributed by atoms with Crippen LogP contribution in [0.3, 0.4) is 0 Å². The molecule has 2 fully saturated rings. The fourth-order valence-corrected chi connectivity index (χ4v) is 2.78. The van der Waals surface area contributed by atoms with Crippen molar-refractivity contribution in [3.05, 3.63) is 29.3 Å². The summed E-state index contributed by atoms with van der Waals surface area (Å²) in [5, 5.41) is 3.78. The van der Waals surface area contributed by atoms with Crippen LogP contribution in [0.2, 0.25) is 0 Å². The van der Waals surface area contributed by atoms with E-state index >= 15 is 0 Å². The van der Waals surface area contributed by atoms with Crippen LogP contribution in [0.5, 0.6) is 0 Å². The molecule has 0 heterocycles. The maximum Gasteiger partial charge on any atom is 0.0347 e. The van der Waals surface area contributed by atoms with E-state index in [1.165, 1.54) is 42.5 Å². The van der Waals surface area contributed by atoms with Crippen LogP contribution >= 0.6 is 0 Å². The van der Waals surface area contributed by atoms with Gasteiger partial charge in [-0.25, -0.2) is 0 Å². The lowest BCUT2D eigenvalue weighted by atomic mass is 10.1. The molecule has 0 bridgehead atoms. The smallest absolute Gasteiger partial charge is 0.0347 e. The molecule has 1 aromatic rings. The van der Waals surface area contributed by atoms with Crippen LogP contribution in [0.4, 0.5) is 5.69 Å². The largest absolute Gasteiger partial charge is 0.382 e. The number of benzene rings is 1. The molecule has 3 rings (SSSR count). The average molecular weight is 215 g/mol. The van der Waals surface area contributed by atoms with Gasteiger partial charge in [-0.2, -0.15) is 0 Å². The highest BCUT2D eigenvalue weighted by atomic mass is 15.0. The zero-order valence-electron chi connectivity index (χ0n) is 10.3. The van der Waals surface area contributed by atoms with Crippen molar-refractivity contribution in [2.45, 2.75) is 45.6 Å². The maximum atomic E-state index is 3.78. The van der Waals surface area contributed by atoms with E-state index in [0.717, 1.165) is 17.9 Å². The van der Waals surface area contributed by atoms with Gasteiger partial charge in [-0.15, -0.1) is 0 Å². The van der Waals surface area contributed by atoms with Gasteiger partial charge >= 0.3 is 0 Å². The van der Waals surface area contributed by atoms with Gasteiger partial charge in [-0.05, 0) is 74.6 Å². The van der Waals surface area contributed by atoms with Gasteiger partial charge in [0.2, 0.25) is 0 Å². The molecule has 0 amide bonds. The van der Waals surface area contributed by atoms with Crippen LogP contribution in [-0.4, -0.2) is 6.04 Å². The molecule has 0 atom stereocenters. The van der Waals surface area contributed by atoms with E-state index in [0.29, 0.717) is 0 Å². The highest BCUT2D eigenvalue weighted by Crippen LogP contribution is 2.45. The Morgan fingerprint density at radius 2 is 1.44 bits per heavy atom. The van der Waals surface area contributed by atoms with Gasteiger partial charge < -0.3 is 5.32 Å². The quantitative estimate of drug-likeness (QED) is 0.803. The van der Waals surface area contributed by atoms with E-state index < -0.39 is 0 Å². The summed E-state index contributed by atoms with van der Waals surface area (Å²) in [5.41, 5.74) is 4.07. The van der Waals surface area contributed by atoms with Gasteiger partial charge in [0.1, 0.15) is 0 Å². The summed E-state index contributed by atoms with van der Waals surface area (Å²) in [6.45, 7) is 4.36. The Labute approximate surface area is 98.3 Å². The summed E-state index contributed by atoms with van der Waals surface area (Å²) in [6.07, 6.45) is 5.77. The molecule has 86 valence electrons. The van der Waals surface area contributed by atoms with Crippen LogP contribution in [0.1, 0.15) is 36.8 Å². The Balaban J connectivity index is 1.75.